The Morgan fingerprint density at radius 1 is 1.38 bits per heavy atom. The van der Waals surface area contributed by atoms with Gasteiger partial charge in [-0.25, -0.2) is 0 Å². The highest BCUT2D eigenvalue weighted by Crippen LogP contribution is 2.39. The number of hydrogen-bond donors (Lipinski definition) is 0. The molecule has 0 amide bonds. The largest absolute Gasteiger partial charge is 0.446 e. The summed E-state index contributed by atoms with van der Waals surface area (Å²) in [7, 11) is 0. The summed E-state index contributed by atoms with van der Waals surface area (Å²) in [4.78, 5) is 11.1. The number of hydrogen-bond acceptors (Lipinski definition) is 2. The maximum absolute atomic E-state index is 12.3. The summed E-state index contributed by atoms with van der Waals surface area (Å²) < 4.78 is 36.8. The predicted octanol–water partition coefficient (Wildman–Crippen LogP) is 3.74. The lowest BCUT2D eigenvalue weighted by atomic mass is 10.0. The molecule has 0 spiro atoms. The Hall–Kier alpha value is -0.970. The molecule has 5 heteroatoms. The van der Waals surface area contributed by atoms with Gasteiger partial charge in [0, 0.05) is 11.3 Å². The van der Waals surface area contributed by atoms with Crippen molar-refractivity contribution in [1.29, 1.82) is 0 Å². The van der Waals surface area contributed by atoms with E-state index < -0.39 is 5.51 Å². The highest BCUT2D eigenvalue weighted by molar-refractivity contribution is 8.00. The first-order chi connectivity index (χ1) is 7.29. The van der Waals surface area contributed by atoms with Crippen LogP contribution < -0.4 is 0 Å². The van der Waals surface area contributed by atoms with E-state index in [1.54, 1.807) is 19.1 Å². The molecule has 1 nitrogen and oxygen atoms in total. The van der Waals surface area contributed by atoms with E-state index in [0.717, 1.165) is 0 Å². The summed E-state index contributed by atoms with van der Waals surface area (Å²) in [6.07, 6.45) is 0.0467. The average molecular weight is 248 g/mol. The second kappa shape index (κ2) is 4.91. The van der Waals surface area contributed by atoms with E-state index in [4.69, 9.17) is 0 Å². The average Bonchev–Trinajstić information content (AvgIpc) is 2.08. The third-order valence-corrected chi connectivity index (χ3v) is 2.85. The number of ketones is 1. The highest BCUT2D eigenvalue weighted by Gasteiger charge is 2.30. The van der Waals surface area contributed by atoms with Crippen LogP contribution in [0.5, 0.6) is 0 Å². The van der Waals surface area contributed by atoms with Gasteiger partial charge in [0.25, 0.3) is 0 Å². The fourth-order valence-corrected chi connectivity index (χ4v) is 2.12. The number of thioether (sulfide) groups is 1. The van der Waals surface area contributed by atoms with Gasteiger partial charge in [-0.15, -0.1) is 0 Å². The molecule has 0 saturated carbocycles. The summed E-state index contributed by atoms with van der Waals surface area (Å²) in [6.45, 7) is 3.08. The molecule has 0 unspecified atom stereocenters. The second-order valence-electron chi connectivity index (χ2n) is 3.48. The molecule has 0 fully saturated rings. The first kappa shape index (κ1) is 13.1. The molecule has 0 aliphatic heterocycles. The van der Waals surface area contributed by atoms with Crippen LogP contribution in [0.2, 0.25) is 0 Å². The minimum absolute atomic E-state index is 0.0467. The van der Waals surface area contributed by atoms with E-state index in [1.807, 2.05) is 0 Å². The quantitative estimate of drug-likeness (QED) is 0.758. The van der Waals surface area contributed by atoms with Crippen LogP contribution in [0.4, 0.5) is 13.2 Å². The molecule has 1 rings (SSSR count). The maximum Gasteiger partial charge on any atom is 0.446 e. The Morgan fingerprint density at radius 2 is 2.00 bits per heavy atom. The van der Waals surface area contributed by atoms with Crippen molar-refractivity contribution in [1.82, 2.24) is 0 Å². The zero-order valence-electron chi connectivity index (χ0n) is 8.89. The Bertz CT molecular complexity index is 399. The van der Waals surface area contributed by atoms with Crippen LogP contribution in [0.25, 0.3) is 0 Å². The van der Waals surface area contributed by atoms with Crippen LogP contribution in [0.3, 0.4) is 0 Å². The number of aryl methyl sites for hydroxylation is 1. The van der Waals surface area contributed by atoms with Crippen molar-refractivity contribution >= 4 is 17.5 Å². The van der Waals surface area contributed by atoms with Crippen molar-refractivity contribution in [2.24, 2.45) is 0 Å². The maximum atomic E-state index is 12.3. The number of carbonyl (C=O) groups excluding carboxylic acids is 1. The SMILES string of the molecule is CC(=O)Cc1c(C)cccc1SC(F)(F)F. The van der Waals surface area contributed by atoms with Crippen molar-refractivity contribution in [2.45, 2.75) is 30.7 Å². The minimum atomic E-state index is -4.32. The predicted molar refractivity (Wildman–Crippen MR) is 57.5 cm³/mol. The van der Waals surface area contributed by atoms with Gasteiger partial charge in [-0.2, -0.15) is 13.2 Å². The van der Waals surface area contributed by atoms with Gasteiger partial charge in [-0.1, -0.05) is 12.1 Å². The van der Waals surface area contributed by atoms with Gasteiger partial charge in [0.2, 0.25) is 0 Å². The van der Waals surface area contributed by atoms with E-state index in [2.05, 4.69) is 0 Å². The van der Waals surface area contributed by atoms with Crippen LogP contribution in [0, 0.1) is 6.92 Å². The number of halogens is 3. The van der Waals surface area contributed by atoms with Crippen molar-refractivity contribution in [2.75, 3.05) is 0 Å². The molecular weight excluding hydrogens is 237 g/mol. The lowest BCUT2D eigenvalue weighted by molar-refractivity contribution is -0.116. The number of carbonyl (C=O) groups is 1. The topological polar surface area (TPSA) is 17.1 Å². The monoisotopic (exact) mass is 248 g/mol. The molecule has 1 aromatic rings. The summed E-state index contributed by atoms with van der Waals surface area (Å²) in [5, 5.41) is 0. The van der Waals surface area contributed by atoms with E-state index in [0.29, 0.717) is 11.1 Å². The smallest absolute Gasteiger partial charge is 0.300 e. The van der Waals surface area contributed by atoms with Gasteiger partial charge in [0.1, 0.15) is 5.78 Å². The lowest BCUT2D eigenvalue weighted by Gasteiger charge is -2.12. The lowest BCUT2D eigenvalue weighted by Crippen LogP contribution is -2.05. The van der Waals surface area contributed by atoms with Crippen molar-refractivity contribution in [3.8, 4) is 0 Å². The van der Waals surface area contributed by atoms with Crippen LogP contribution in [0.15, 0.2) is 23.1 Å². The van der Waals surface area contributed by atoms with Gasteiger partial charge in [-0.05, 0) is 42.8 Å². The van der Waals surface area contributed by atoms with Crippen LogP contribution in [-0.2, 0) is 11.2 Å². The molecule has 88 valence electrons. The Balaban J connectivity index is 3.07. The number of alkyl halides is 3. The molecule has 16 heavy (non-hydrogen) atoms. The van der Waals surface area contributed by atoms with E-state index in [-0.39, 0.29) is 28.9 Å². The fraction of sp³-hybridized carbons (Fsp3) is 0.364. The zero-order valence-corrected chi connectivity index (χ0v) is 9.71. The van der Waals surface area contributed by atoms with E-state index in [9.17, 15) is 18.0 Å². The molecule has 0 bridgehead atoms. The Morgan fingerprint density at radius 3 is 2.50 bits per heavy atom. The van der Waals surface area contributed by atoms with Gasteiger partial charge in [0.05, 0.1) is 0 Å². The van der Waals surface area contributed by atoms with E-state index >= 15 is 0 Å². The number of benzene rings is 1. The zero-order chi connectivity index (χ0) is 12.3. The Labute approximate surface area is 96.0 Å². The summed E-state index contributed by atoms with van der Waals surface area (Å²) >= 11 is -0.169. The van der Waals surface area contributed by atoms with Crippen molar-refractivity contribution in [3.05, 3.63) is 29.3 Å². The fourth-order valence-electron chi connectivity index (χ4n) is 1.37. The van der Waals surface area contributed by atoms with Crippen LogP contribution in [-0.4, -0.2) is 11.3 Å². The molecule has 0 aliphatic carbocycles. The first-order valence-corrected chi connectivity index (χ1v) is 5.45. The van der Waals surface area contributed by atoms with Crippen LogP contribution in [0.1, 0.15) is 18.1 Å². The molecule has 0 aliphatic rings. The number of rotatable bonds is 3. The number of Topliss-reactive ketones (excluding diaryl/α,β-unsaturated/α-hetero) is 1. The summed E-state index contributed by atoms with van der Waals surface area (Å²) in [5.41, 5.74) is -3.14. The first-order valence-electron chi connectivity index (χ1n) is 4.63. The van der Waals surface area contributed by atoms with Gasteiger partial charge in [-0.3, -0.25) is 4.79 Å². The third kappa shape index (κ3) is 3.89. The normalized spacial score (nSPS) is 11.6. The molecule has 0 N–H and O–H groups in total. The highest BCUT2D eigenvalue weighted by atomic mass is 32.2. The molecular formula is C11H11F3OS. The van der Waals surface area contributed by atoms with Crippen molar-refractivity contribution < 1.29 is 18.0 Å². The minimum Gasteiger partial charge on any atom is -0.300 e. The Kier molecular flexibility index (Phi) is 4.02. The molecule has 0 heterocycles. The van der Waals surface area contributed by atoms with Crippen molar-refractivity contribution in [3.63, 3.8) is 0 Å². The van der Waals surface area contributed by atoms with Gasteiger partial charge < -0.3 is 0 Å². The molecule has 0 radical (unpaired) electrons. The molecule has 0 aromatic heterocycles. The second-order valence-corrected chi connectivity index (χ2v) is 4.59. The molecule has 0 atom stereocenters. The van der Waals surface area contributed by atoms with Crippen LogP contribution >= 0.6 is 11.8 Å². The van der Waals surface area contributed by atoms with Gasteiger partial charge in [0.15, 0.2) is 0 Å². The summed E-state index contributed by atoms with van der Waals surface area (Å²) in [5.74, 6) is -0.140. The third-order valence-electron chi connectivity index (χ3n) is 2.02. The van der Waals surface area contributed by atoms with Gasteiger partial charge >= 0.3 is 5.51 Å². The van der Waals surface area contributed by atoms with E-state index in [1.165, 1.54) is 13.0 Å². The standard InChI is InChI=1S/C11H11F3OS/c1-7-4-3-5-10(16-11(12,13)14)9(7)6-8(2)15/h3-5H,6H2,1-2H3. The molecule has 0 saturated heterocycles. The summed E-state index contributed by atoms with van der Waals surface area (Å²) in [6, 6.07) is 4.66. The molecule has 1 aromatic carbocycles.